The molecule has 0 saturated heterocycles. The van der Waals surface area contributed by atoms with Crippen LogP contribution in [0.3, 0.4) is 0 Å². The molecule has 8 nitrogen and oxygen atoms in total. The molecule has 3 saturated carbocycles. The van der Waals surface area contributed by atoms with Gasteiger partial charge in [-0.2, -0.15) is 0 Å². The van der Waals surface area contributed by atoms with Gasteiger partial charge in [0.2, 0.25) is 5.76 Å². The highest BCUT2D eigenvalue weighted by Gasteiger charge is 2.55. The molecule has 0 aliphatic heterocycles. The van der Waals surface area contributed by atoms with E-state index in [1.165, 1.54) is 0 Å². The Hall–Kier alpha value is -2.72. The van der Waals surface area contributed by atoms with Crippen LogP contribution in [0.2, 0.25) is 5.02 Å². The fourth-order valence-electron chi connectivity index (χ4n) is 4.48. The number of hydrogen-bond acceptors (Lipinski definition) is 6. The Morgan fingerprint density at radius 1 is 1.25 bits per heavy atom. The lowest BCUT2D eigenvalue weighted by Gasteiger charge is -2.56. The predicted molar refractivity (Wildman–Crippen MR) is 109 cm³/mol. The summed E-state index contributed by atoms with van der Waals surface area (Å²) in [6.45, 7) is -0.228. The molecule has 0 spiro atoms. The molecule has 1 heterocycles. The van der Waals surface area contributed by atoms with Gasteiger partial charge in [-0.05, 0) is 50.3 Å². The molecule has 0 radical (unpaired) electrons. The van der Waals surface area contributed by atoms with Crippen LogP contribution in [0.25, 0.3) is 0 Å². The number of nitrogens with one attached hydrogen (secondary N) is 2. The van der Waals surface area contributed by atoms with Crippen LogP contribution in [0.15, 0.2) is 34.9 Å². The highest BCUT2D eigenvalue weighted by atomic mass is 35.5. The summed E-state index contributed by atoms with van der Waals surface area (Å²) < 4.78 is 35.5. The SMILES string of the molecule is O=C(COc1cccc(Cl)c1)NC12CCC(NC(=O)c3cc(C(F)F)no3)(CC1)C[C@@H]2O. The number of halogens is 3. The fourth-order valence-corrected chi connectivity index (χ4v) is 4.66. The van der Waals surface area contributed by atoms with E-state index < -0.39 is 35.2 Å². The number of carbonyl (C=O) groups is 2. The van der Waals surface area contributed by atoms with Crippen molar-refractivity contribution in [1.29, 1.82) is 0 Å². The third-order valence-corrected chi connectivity index (χ3v) is 6.47. The number of rotatable bonds is 7. The smallest absolute Gasteiger partial charge is 0.290 e. The average Bonchev–Trinajstić information content (AvgIpc) is 3.25. The normalized spacial score (nSPS) is 26.7. The van der Waals surface area contributed by atoms with E-state index in [9.17, 15) is 23.5 Å². The highest BCUT2D eigenvalue weighted by molar-refractivity contribution is 6.30. The molecule has 1 atom stereocenters. The van der Waals surface area contributed by atoms with Gasteiger partial charge < -0.3 is 25.0 Å². The first kappa shape index (κ1) is 22.5. The Kier molecular flexibility index (Phi) is 6.09. The number of alkyl halides is 2. The molecule has 5 rings (SSSR count). The van der Waals surface area contributed by atoms with Gasteiger partial charge in [-0.15, -0.1) is 0 Å². The maximum absolute atomic E-state index is 12.7. The maximum Gasteiger partial charge on any atom is 0.290 e. The molecular weight excluding hydrogens is 448 g/mol. The third-order valence-electron chi connectivity index (χ3n) is 6.23. The van der Waals surface area contributed by atoms with Crippen LogP contribution in [0.1, 0.15) is 54.8 Å². The molecule has 2 aromatic rings. The van der Waals surface area contributed by atoms with Crippen LogP contribution in [0.5, 0.6) is 5.75 Å². The molecule has 172 valence electrons. The first-order chi connectivity index (χ1) is 15.2. The van der Waals surface area contributed by atoms with Crippen LogP contribution in [-0.4, -0.2) is 45.9 Å². The van der Waals surface area contributed by atoms with E-state index in [1.807, 2.05) is 0 Å². The van der Waals surface area contributed by atoms with Crippen molar-refractivity contribution in [3.05, 3.63) is 46.8 Å². The van der Waals surface area contributed by atoms with E-state index >= 15 is 0 Å². The minimum absolute atomic E-state index is 0.212. The van der Waals surface area contributed by atoms with Gasteiger partial charge >= 0.3 is 0 Å². The van der Waals surface area contributed by atoms with Gasteiger partial charge in [0.05, 0.1) is 11.6 Å². The summed E-state index contributed by atoms with van der Waals surface area (Å²) in [7, 11) is 0. The molecule has 0 unspecified atom stereocenters. The fraction of sp³-hybridized carbons (Fsp3) is 0.476. The Bertz CT molecular complexity index is 1010. The van der Waals surface area contributed by atoms with E-state index in [1.54, 1.807) is 24.3 Å². The van der Waals surface area contributed by atoms with Gasteiger partial charge in [0.1, 0.15) is 5.75 Å². The average molecular weight is 470 g/mol. The number of aliphatic hydroxyl groups is 1. The number of ether oxygens (including phenoxy) is 1. The summed E-state index contributed by atoms with van der Waals surface area (Å²) in [6.07, 6.45) is -1.64. The van der Waals surface area contributed by atoms with Crippen molar-refractivity contribution in [2.45, 2.75) is 55.7 Å². The van der Waals surface area contributed by atoms with Crippen molar-refractivity contribution >= 4 is 23.4 Å². The molecule has 3 aliphatic carbocycles. The van der Waals surface area contributed by atoms with E-state index in [-0.39, 0.29) is 24.7 Å². The zero-order valence-corrected chi connectivity index (χ0v) is 17.7. The Morgan fingerprint density at radius 3 is 2.62 bits per heavy atom. The predicted octanol–water partition coefficient (Wildman–Crippen LogP) is 3.01. The minimum atomic E-state index is -2.84. The number of benzene rings is 1. The van der Waals surface area contributed by atoms with Gasteiger partial charge in [-0.1, -0.05) is 22.8 Å². The van der Waals surface area contributed by atoms with Crippen LogP contribution in [0.4, 0.5) is 8.78 Å². The summed E-state index contributed by atoms with van der Waals surface area (Å²) in [6, 6.07) is 7.59. The van der Waals surface area contributed by atoms with Gasteiger partial charge in [-0.25, -0.2) is 8.78 Å². The van der Waals surface area contributed by atoms with E-state index in [0.717, 1.165) is 6.07 Å². The number of aliphatic hydroxyl groups excluding tert-OH is 1. The van der Waals surface area contributed by atoms with Gasteiger partial charge in [0.15, 0.2) is 12.3 Å². The van der Waals surface area contributed by atoms with Gasteiger partial charge in [0, 0.05) is 16.6 Å². The first-order valence-electron chi connectivity index (χ1n) is 10.2. The number of nitrogens with zero attached hydrogens (tertiary/aromatic N) is 1. The second-order valence-electron chi connectivity index (χ2n) is 8.32. The monoisotopic (exact) mass is 469 g/mol. The maximum atomic E-state index is 12.7. The molecular formula is C21H22ClF2N3O5. The van der Waals surface area contributed by atoms with Crippen molar-refractivity contribution < 1.29 is 32.7 Å². The van der Waals surface area contributed by atoms with E-state index in [0.29, 0.717) is 36.5 Å². The topological polar surface area (TPSA) is 114 Å². The zero-order chi connectivity index (χ0) is 22.9. The number of amides is 2. The Balaban J connectivity index is 1.34. The van der Waals surface area contributed by atoms with Crippen molar-refractivity contribution in [3.63, 3.8) is 0 Å². The summed E-state index contributed by atoms with van der Waals surface area (Å²) in [5, 5.41) is 20.2. The van der Waals surface area contributed by atoms with Crippen molar-refractivity contribution in [2.75, 3.05) is 6.61 Å². The Labute approximate surface area is 187 Å². The molecule has 32 heavy (non-hydrogen) atoms. The van der Waals surface area contributed by atoms with Crippen molar-refractivity contribution in [2.24, 2.45) is 0 Å². The van der Waals surface area contributed by atoms with Crippen LogP contribution in [0, 0.1) is 0 Å². The van der Waals surface area contributed by atoms with Crippen molar-refractivity contribution in [3.8, 4) is 5.75 Å². The lowest BCUT2D eigenvalue weighted by Crippen LogP contribution is -2.70. The van der Waals surface area contributed by atoms with Crippen LogP contribution >= 0.6 is 11.6 Å². The second kappa shape index (κ2) is 8.67. The lowest BCUT2D eigenvalue weighted by atomic mass is 9.60. The summed E-state index contributed by atoms with van der Waals surface area (Å²) in [5.41, 5.74) is -2.13. The van der Waals surface area contributed by atoms with Crippen LogP contribution < -0.4 is 15.4 Å². The molecule has 3 aliphatic rings. The minimum Gasteiger partial charge on any atom is -0.484 e. The molecule has 1 aromatic heterocycles. The van der Waals surface area contributed by atoms with Crippen LogP contribution in [-0.2, 0) is 4.79 Å². The largest absolute Gasteiger partial charge is 0.484 e. The molecule has 2 bridgehead atoms. The van der Waals surface area contributed by atoms with E-state index in [2.05, 4.69) is 15.8 Å². The number of aromatic nitrogens is 1. The molecule has 11 heteroatoms. The molecule has 3 N–H and O–H groups in total. The highest BCUT2D eigenvalue weighted by Crippen LogP contribution is 2.47. The van der Waals surface area contributed by atoms with E-state index in [4.69, 9.17) is 20.9 Å². The number of fused-ring (bicyclic) bond motifs is 3. The molecule has 2 amide bonds. The summed E-state index contributed by atoms with van der Waals surface area (Å²) in [5.74, 6) is -0.881. The van der Waals surface area contributed by atoms with Gasteiger partial charge in [-0.3, -0.25) is 9.59 Å². The molecule has 3 fully saturated rings. The summed E-state index contributed by atoms with van der Waals surface area (Å²) >= 11 is 5.90. The standard InChI is InChI=1S/C21H22ClF2N3O5/c22-12-2-1-3-13(8-12)31-11-17(29)25-21-6-4-20(5-7-21,10-16(21)28)26-19(30)15-9-14(18(23)24)27-32-15/h1-3,8-9,16,18,28H,4-7,10-11H2,(H,25,29)(H,26,30)/t16-,20?,21?/m0/s1. The zero-order valence-electron chi connectivity index (χ0n) is 16.9. The first-order valence-corrected chi connectivity index (χ1v) is 10.5. The third kappa shape index (κ3) is 4.56. The lowest BCUT2D eigenvalue weighted by molar-refractivity contribution is -0.132. The number of hydrogen-bond donors (Lipinski definition) is 3. The van der Waals surface area contributed by atoms with Gasteiger partial charge in [0.25, 0.3) is 18.2 Å². The second-order valence-corrected chi connectivity index (χ2v) is 8.76. The molecule has 1 aromatic carbocycles. The quantitative estimate of drug-likeness (QED) is 0.574. The van der Waals surface area contributed by atoms with Crippen molar-refractivity contribution in [1.82, 2.24) is 15.8 Å². The summed E-state index contributed by atoms with van der Waals surface area (Å²) in [4.78, 5) is 24.9. The number of carbonyl (C=O) groups excluding carboxylic acids is 2. The Morgan fingerprint density at radius 2 is 2.00 bits per heavy atom.